The lowest BCUT2D eigenvalue weighted by atomic mass is 9.77. The molecule has 0 aliphatic carbocycles. The van der Waals surface area contributed by atoms with Crippen LogP contribution >= 0.6 is 10.0 Å². The summed E-state index contributed by atoms with van der Waals surface area (Å²) in [5, 5.41) is 0. The van der Waals surface area contributed by atoms with E-state index in [0.717, 1.165) is 12.0 Å². The van der Waals surface area contributed by atoms with Crippen LogP contribution in [0.1, 0.15) is 95.9 Å². The van der Waals surface area contributed by atoms with Gasteiger partial charge >= 0.3 is 13.2 Å². The van der Waals surface area contributed by atoms with Gasteiger partial charge in [0.05, 0.1) is 34.9 Å². The number of hydrogen-bond donors (Lipinski definition) is 0. The van der Waals surface area contributed by atoms with Gasteiger partial charge in [0.2, 0.25) is 0 Å². The van der Waals surface area contributed by atoms with E-state index in [1.165, 1.54) is 0 Å². The summed E-state index contributed by atoms with van der Waals surface area (Å²) in [6, 6.07) is -0.168. The topological polar surface area (TPSA) is 57.2 Å². The lowest BCUT2D eigenvalue weighted by Crippen LogP contribution is -2.55. The highest BCUT2D eigenvalue weighted by atomic mass is 32.3. The number of carbonyl (C=O) groups is 1. The van der Waals surface area contributed by atoms with Crippen LogP contribution in [0.2, 0.25) is 0 Å². The van der Waals surface area contributed by atoms with Gasteiger partial charge < -0.3 is 18.8 Å². The Bertz CT molecular complexity index is 778. The van der Waals surface area contributed by atoms with Crippen molar-refractivity contribution in [3.63, 3.8) is 0 Å². The lowest BCUT2D eigenvalue weighted by molar-refractivity contribution is -0.0195. The SMILES string of the molecule is CC(C)C[C@@H]1[C@@H](OCS(C)(C)C(C)(C)C)CC=C(B2OC(C)(C)C(C)(C)O2)N1C(=O)OC(C)(C)C. The van der Waals surface area contributed by atoms with E-state index >= 15 is 0 Å². The maximum absolute atomic E-state index is 13.7. The quantitative estimate of drug-likeness (QED) is 0.367. The van der Waals surface area contributed by atoms with Crippen molar-refractivity contribution >= 4 is 23.2 Å². The lowest BCUT2D eigenvalue weighted by Gasteiger charge is -2.47. The summed E-state index contributed by atoms with van der Waals surface area (Å²) >= 11 is 0. The van der Waals surface area contributed by atoms with Crippen LogP contribution in [0.15, 0.2) is 11.7 Å². The van der Waals surface area contributed by atoms with Crippen LogP contribution in [-0.4, -0.2) is 70.3 Å². The van der Waals surface area contributed by atoms with Crippen LogP contribution in [-0.2, 0) is 18.8 Å². The summed E-state index contributed by atoms with van der Waals surface area (Å²) in [5.41, 5.74) is -0.893. The molecule has 6 nitrogen and oxygen atoms in total. The number of nitrogens with zero attached hydrogens (tertiary/aromatic N) is 1. The zero-order chi connectivity index (χ0) is 27.2. The molecule has 0 aromatic heterocycles. The molecule has 2 aliphatic heterocycles. The van der Waals surface area contributed by atoms with Gasteiger partial charge in [-0.2, -0.15) is 0 Å². The van der Waals surface area contributed by atoms with Crippen molar-refractivity contribution in [2.24, 2.45) is 5.92 Å². The second-order valence-electron chi connectivity index (χ2n) is 14.0. The maximum atomic E-state index is 13.7. The monoisotopic (exact) mass is 513 g/mol. The van der Waals surface area contributed by atoms with E-state index in [4.69, 9.17) is 18.8 Å². The molecule has 0 spiro atoms. The molecule has 1 saturated heterocycles. The third-order valence-electron chi connectivity index (χ3n) is 7.63. The smallest absolute Gasteiger partial charge is 0.443 e. The van der Waals surface area contributed by atoms with Crippen molar-refractivity contribution in [1.29, 1.82) is 0 Å². The molecule has 0 saturated carbocycles. The van der Waals surface area contributed by atoms with E-state index in [1.54, 1.807) is 4.90 Å². The molecule has 0 aromatic rings. The first-order valence-corrected chi connectivity index (χ1v) is 15.6. The van der Waals surface area contributed by atoms with Crippen LogP contribution in [0.25, 0.3) is 0 Å². The van der Waals surface area contributed by atoms with Gasteiger partial charge in [-0.15, -0.1) is 0 Å². The summed E-state index contributed by atoms with van der Waals surface area (Å²) in [4.78, 5) is 15.5. The summed E-state index contributed by atoms with van der Waals surface area (Å²) in [6.07, 6.45) is 7.72. The first kappa shape index (κ1) is 30.5. The molecular formula is C27H52BNO5S. The molecule has 0 unspecified atom stereocenters. The van der Waals surface area contributed by atoms with E-state index in [0.29, 0.717) is 18.3 Å². The Hall–Kier alpha value is -0.695. The van der Waals surface area contributed by atoms with Gasteiger partial charge in [-0.25, -0.2) is 14.8 Å². The average Bonchev–Trinajstić information content (AvgIpc) is 2.84. The van der Waals surface area contributed by atoms with Crippen molar-refractivity contribution in [2.75, 3.05) is 18.5 Å². The number of carbonyl (C=O) groups excluding carboxylic acids is 1. The molecule has 2 aliphatic rings. The van der Waals surface area contributed by atoms with Crippen molar-refractivity contribution in [2.45, 2.75) is 130 Å². The number of rotatable bonds is 6. The molecule has 204 valence electrons. The van der Waals surface area contributed by atoms with Crippen molar-refractivity contribution in [3.05, 3.63) is 11.7 Å². The zero-order valence-corrected chi connectivity index (χ0v) is 25.7. The molecule has 0 bridgehead atoms. The predicted octanol–water partition coefficient (Wildman–Crippen LogP) is 6.76. The standard InChI is InChI=1S/C27H52BNO5S/c1-19(2)17-20-21(31-18-35(13,14)25(6,7)8)15-16-22(29(20)23(30)32-24(3,4)5)28-33-26(9,10)27(11,12)34-28/h16,19-21H,15,17-18H2,1-14H3/t20-,21+/m1/s1. The minimum atomic E-state index is -1.00. The predicted molar refractivity (Wildman–Crippen MR) is 149 cm³/mol. The second kappa shape index (κ2) is 10.2. The van der Waals surface area contributed by atoms with E-state index in [1.807, 2.05) is 48.5 Å². The van der Waals surface area contributed by atoms with E-state index in [2.05, 4.69) is 53.2 Å². The second-order valence-corrected chi connectivity index (χ2v) is 18.5. The van der Waals surface area contributed by atoms with Crippen LogP contribution in [0, 0.1) is 5.92 Å². The number of ether oxygens (including phenoxy) is 2. The maximum Gasteiger partial charge on any atom is 0.512 e. The van der Waals surface area contributed by atoms with Gasteiger partial charge in [-0.05, 0) is 84.5 Å². The van der Waals surface area contributed by atoms with Gasteiger partial charge in [0, 0.05) is 0 Å². The Balaban J connectivity index is 2.47. The summed E-state index contributed by atoms with van der Waals surface area (Å²) in [7, 11) is -1.64. The fourth-order valence-corrected chi connectivity index (χ4v) is 4.80. The summed E-state index contributed by atoms with van der Waals surface area (Å²) in [6.45, 7) is 25.0. The van der Waals surface area contributed by atoms with E-state index in [9.17, 15) is 4.79 Å². The molecule has 0 radical (unpaired) electrons. The Labute approximate surface area is 217 Å². The van der Waals surface area contributed by atoms with Crippen molar-refractivity contribution in [3.8, 4) is 0 Å². The minimum Gasteiger partial charge on any atom is -0.443 e. The van der Waals surface area contributed by atoms with Gasteiger partial charge in [0.1, 0.15) is 5.60 Å². The molecule has 35 heavy (non-hydrogen) atoms. The highest BCUT2D eigenvalue weighted by Crippen LogP contribution is 2.53. The zero-order valence-electron chi connectivity index (χ0n) is 24.9. The molecule has 2 atom stereocenters. The highest BCUT2D eigenvalue weighted by Gasteiger charge is 2.56. The first-order chi connectivity index (χ1) is 15.6. The van der Waals surface area contributed by atoms with Gasteiger partial charge in [0.15, 0.2) is 0 Å². The normalized spacial score (nSPS) is 25.6. The van der Waals surface area contributed by atoms with E-state index in [-0.39, 0.29) is 23.0 Å². The minimum absolute atomic E-state index is 0.120. The summed E-state index contributed by atoms with van der Waals surface area (Å²) in [5.74, 6) is 1.06. The van der Waals surface area contributed by atoms with Gasteiger partial charge in [-0.3, -0.25) is 4.90 Å². The highest BCUT2D eigenvalue weighted by molar-refractivity contribution is 8.33. The van der Waals surface area contributed by atoms with Crippen molar-refractivity contribution < 1.29 is 23.6 Å². The molecular weight excluding hydrogens is 461 g/mol. The summed E-state index contributed by atoms with van der Waals surface area (Å²) < 4.78 is 25.5. The van der Waals surface area contributed by atoms with E-state index < -0.39 is 33.9 Å². The fraction of sp³-hybridized carbons (Fsp3) is 0.889. The Morgan fingerprint density at radius 2 is 1.63 bits per heavy atom. The van der Waals surface area contributed by atoms with Crippen LogP contribution in [0.5, 0.6) is 0 Å². The molecule has 2 heterocycles. The largest absolute Gasteiger partial charge is 0.512 e. The Morgan fingerprint density at radius 1 is 1.11 bits per heavy atom. The third kappa shape index (κ3) is 7.21. The third-order valence-corrected chi connectivity index (χ3v) is 11.7. The van der Waals surface area contributed by atoms with Crippen molar-refractivity contribution in [1.82, 2.24) is 4.90 Å². The molecule has 0 N–H and O–H groups in total. The number of hydrogen-bond acceptors (Lipinski definition) is 5. The van der Waals surface area contributed by atoms with Crippen LogP contribution in [0.3, 0.4) is 0 Å². The van der Waals surface area contributed by atoms with Crippen LogP contribution in [0.4, 0.5) is 4.79 Å². The van der Waals surface area contributed by atoms with Crippen LogP contribution < -0.4 is 0 Å². The molecule has 0 aromatic carbocycles. The average molecular weight is 514 g/mol. The number of amides is 1. The molecule has 1 fully saturated rings. The molecule has 8 heteroatoms. The molecule has 1 amide bonds. The fourth-order valence-electron chi connectivity index (χ4n) is 3.93. The van der Waals surface area contributed by atoms with Gasteiger partial charge in [-0.1, -0.05) is 40.7 Å². The first-order valence-electron chi connectivity index (χ1n) is 13.0. The van der Waals surface area contributed by atoms with Gasteiger partial charge in [0.25, 0.3) is 0 Å². The Morgan fingerprint density at radius 3 is 2.06 bits per heavy atom. The molecule has 2 rings (SSSR count). The Kier molecular flexibility index (Phi) is 8.92.